The Balaban J connectivity index is 1.82. The van der Waals surface area contributed by atoms with E-state index >= 15 is 0 Å². The van der Waals surface area contributed by atoms with Gasteiger partial charge in [-0.3, -0.25) is 4.79 Å². The highest BCUT2D eigenvalue weighted by Gasteiger charge is 2.04. The van der Waals surface area contributed by atoms with E-state index in [1.54, 1.807) is 6.07 Å². The maximum Gasteiger partial charge on any atom is 0.233 e. The van der Waals surface area contributed by atoms with Crippen molar-refractivity contribution < 1.29 is 4.79 Å². The van der Waals surface area contributed by atoms with Gasteiger partial charge in [0.25, 0.3) is 0 Å². The zero-order valence-electron chi connectivity index (χ0n) is 11.7. The predicted octanol–water partition coefficient (Wildman–Crippen LogP) is 1.85. The van der Waals surface area contributed by atoms with Crippen molar-refractivity contribution in [3.8, 4) is 0 Å². The standard InChI is InChI=1S/C14H19ClN4O/c1-10(2)5-17-14(20)7-16-6-12-9-19-8-11(15)3-4-13(19)18-12/h3-4,8-10,16H,5-7H2,1-2H3,(H,17,20). The number of carbonyl (C=O) groups excluding carboxylic acids is 1. The number of nitrogens with one attached hydrogen (secondary N) is 2. The molecule has 108 valence electrons. The van der Waals surface area contributed by atoms with Crippen LogP contribution in [0, 0.1) is 5.92 Å². The third kappa shape index (κ3) is 4.21. The highest BCUT2D eigenvalue weighted by molar-refractivity contribution is 6.30. The molecular formula is C14H19ClN4O. The van der Waals surface area contributed by atoms with E-state index in [-0.39, 0.29) is 5.91 Å². The van der Waals surface area contributed by atoms with Crippen molar-refractivity contribution in [1.29, 1.82) is 0 Å². The molecule has 20 heavy (non-hydrogen) atoms. The lowest BCUT2D eigenvalue weighted by atomic mass is 10.2. The molecule has 0 saturated heterocycles. The first-order valence-electron chi connectivity index (χ1n) is 6.65. The number of carbonyl (C=O) groups is 1. The number of hydrogen-bond acceptors (Lipinski definition) is 3. The number of imidazole rings is 1. The minimum absolute atomic E-state index is 0.00510. The first-order valence-corrected chi connectivity index (χ1v) is 7.03. The van der Waals surface area contributed by atoms with Crippen molar-refractivity contribution in [3.05, 3.63) is 35.2 Å². The summed E-state index contributed by atoms with van der Waals surface area (Å²) in [5.41, 5.74) is 1.72. The summed E-state index contributed by atoms with van der Waals surface area (Å²) in [6.45, 7) is 5.67. The number of halogens is 1. The van der Waals surface area contributed by atoms with Crippen LogP contribution in [0.1, 0.15) is 19.5 Å². The van der Waals surface area contributed by atoms with Crippen molar-refractivity contribution >= 4 is 23.2 Å². The van der Waals surface area contributed by atoms with Crippen LogP contribution in [0.5, 0.6) is 0 Å². The van der Waals surface area contributed by atoms with Crippen molar-refractivity contribution in [2.24, 2.45) is 5.92 Å². The number of pyridine rings is 1. The van der Waals surface area contributed by atoms with Crippen molar-refractivity contribution in [2.75, 3.05) is 13.1 Å². The summed E-state index contributed by atoms with van der Waals surface area (Å²) in [5, 5.41) is 6.61. The second kappa shape index (κ2) is 6.72. The maximum atomic E-state index is 11.5. The Hall–Kier alpha value is -1.59. The summed E-state index contributed by atoms with van der Waals surface area (Å²) in [5.74, 6) is 0.465. The number of nitrogens with zero attached hydrogens (tertiary/aromatic N) is 2. The van der Waals surface area contributed by atoms with Gasteiger partial charge in [0.1, 0.15) is 5.65 Å². The van der Waals surface area contributed by atoms with E-state index in [2.05, 4.69) is 29.5 Å². The van der Waals surface area contributed by atoms with Crippen LogP contribution < -0.4 is 10.6 Å². The zero-order chi connectivity index (χ0) is 14.5. The van der Waals surface area contributed by atoms with E-state index in [4.69, 9.17) is 11.6 Å². The van der Waals surface area contributed by atoms with Gasteiger partial charge in [-0.05, 0) is 18.1 Å². The minimum Gasteiger partial charge on any atom is -0.355 e. The monoisotopic (exact) mass is 294 g/mol. The fraction of sp³-hybridized carbons (Fsp3) is 0.429. The normalized spacial score (nSPS) is 11.2. The van der Waals surface area contributed by atoms with Crippen LogP contribution in [0.25, 0.3) is 5.65 Å². The molecule has 0 radical (unpaired) electrons. The first kappa shape index (κ1) is 14.8. The van der Waals surface area contributed by atoms with Gasteiger partial charge >= 0.3 is 0 Å². The third-order valence-electron chi connectivity index (χ3n) is 2.76. The van der Waals surface area contributed by atoms with Gasteiger partial charge < -0.3 is 15.0 Å². The highest BCUT2D eigenvalue weighted by Crippen LogP contribution is 2.11. The second-order valence-electron chi connectivity index (χ2n) is 5.15. The molecule has 0 bridgehead atoms. The topological polar surface area (TPSA) is 58.4 Å². The highest BCUT2D eigenvalue weighted by atomic mass is 35.5. The lowest BCUT2D eigenvalue weighted by Gasteiger charge is -2.07. The molecule has 2 N–H and O–H groups in total. The van der Waals surface area contributed by atoms with Crippen LogP contribution in [0.3, 0.4) is 0 Å². The van der Waals surface area contributed by atoms with Crippen molar-refractivity contribution in [1.82, 2.24) is 20.0 Å². The minimum atomic E-state index is 0.00510. The molecule has 0 fully saturated rings. The molecule has 0 aromatic carbocycles. The van der Waals surface area contributed by atoms with E-state index in [1.807, 2.05) is 22.9 Å². The van der Waals surface area contributed by atoms with Gasteiger partial charge in [-0.1, -0.05) is 25.4 Å². The van der Waals surface area contributed by atoms with E-state index in [9.17, 15) is 4.79 Å². The van der Waals surface area contributed by atoms with E-state index in [0.29, 0.717) is 30.6 Å². The summed E-state index contributed by atoms with van der Waals surface area (Å²) in [6.07, 6.45) is 3.71. The molecule has 2 heterocycles. The molecule has 0 spiro atoms. The molecule has 1 amide bonds. The molecule has 2 aromatic heterocycles. The molecule has 5 nitrogen and oxygen atoms in total. The molecule has 2 aromatic rings. The van der Waals surface area contributed by atoms with E-state index < -0.39 is 0 Å². The largest absolute Gasteiger partial charge is 0.355 e. The van der Waals surface area contributed by atoms with Gasteiger partial charge in [0.2, 0.25) is 5.91 Å². The Morgan fingerprint density at radius 3 is 2.95 bits per heavy atom. The van der Waals surface area contributed by atoms with Gasteiger partial charge in [0.15, 0.2) is 0 Å². The van der Waals surface area contributed by atoms with Gasteiger partial charge in [0.05, 0.1) is 17.3 Å². The van der Waals surface area contributed by atoms with Gasteiger partial charge in [-0.25, -0.2) is 4.98 Å². The molecule has 6 heteroatoms. The summed E-state index contributed by atoms with van der Waals surface area (Å²) < 4.78 is 1.87. The fourth-order valence-corrected chi connectivity index (χ4v) is 1.96. The Bertz CT molecular complexity index is 594. The SMILES string of the molecule is CC(C)CNC(=O)CNCc1cn2cc(Cl)ccc2n1. The number of rotatable bonds is 6. The number of hydrogen-bond donors (Lipinski definition) is 2. The molecule has 0 aliphatic heterocycles. The molecular weight excluding hydrogens is 276 g/mol. The maximum absolute atomic E-state index is 11.5. The van der Waals surface area contributed by atoms with Gasteiger partial charge in [-0.2, -0.15) is 0 Å². The lowest BCUT2D eigenvalue weighted by molar-refractivity contribution is -0.120. The second-order valence-corrected chi connectivity index (χ2v) is 5.58. The quantitative estimate of drug-likeness (QED) is 0.855. The summed E-state index contributed by atoms with van der Waals surface area (Å²) >= 11 is 5.92. The summed E-state index contributed by atoms with van der Waals surface area (Å²) in [7, 11) is 0. The Morgan fingerprint density at radius 1 is 1.40 bits per heavy atom. The van der Waals surface area contributed by atoms with Crippen LogP contribution in [0.2, 0.25) is 5.02 Å². The van der Waals surface area contributed by atoms with Crippen LogP contribution in [-0.2, 0) is 11.3 Å². The Labute approximate surface area is 123 Å². The lowest BCUT2D eigenvalue weighted by Crippen LogP contribution is -2.35. The average Bonchev–Trinajstić information content (AvgIpc) is 2.78. The van der Waals surface area contributed by atoms with Gasteiger partial charge in [-0.15, -0.1) is 0 Å². The van der Waals surface area contributed by atoms with Crippen molar-refractivity contribution in [3.63, 3.8) is 0 Å². The molecule has 0 atom stereocenters. The molecule has 2 rings (SSSR count). The first-order chi connectivity index (χ1) is 9.54. The van der Waals surface area contributed by atoms with Gasteiger partial charge in [0, 0.05) is 25.5 Å². The van der Waals surface area contributed by atoms with Crippen LogP contribution in [0.4, 0.5) is 0 Å². The fourth-order valence-electron chi connectivity index (χ4n) is 1.79. The Kier molecular flexibility index (Phi) is 4.98. The average molecular weight is 295 g/mol. The number of fused-ring (bicyclic) bond motifs is 1. The molecule has 0 saturated carbocycles. The number of aromatic nitrogens is 2. The number of amides is 1. The van der Waals surface area contributed by atoms with Crippen LogP contribution in [-0.4, -0.2) is 28.4 Å². The van der Waals surface area contributed by atoms with E-state index in [1.165, 1.54) is 0 Å². The predicted molar refractivity (Wildman–Crippen MR) is 79.8 cm³/mol. The third-order valence-corrected chi connectivity index (χ3v) is 2.99. The van der Waals surface area contributed by atoms with Crippen molar-refractivity contribution in [2.45, 2.75) is 20.4 Å². The smallest absolute Gasteiger partial charge is 0.233 e. The summed E-state index contributed by atoms with van der Waals surface area (Å²) in [6, 6.07) is 3.67. The molecule has 0 aliphatic carbocycles. The Morgan fingerprint density at radius 2 is 2.20 bits per heavy atom. The van der Waals surface area contributed by atoms with Crippen LogP contribution in [0.15, 0.2) is 24.5 Å². The molecule has 0 aliphatic rings. The van der Waals surface area contributed by atoms with Crippen LogP contribution >= 0.6 is 11.6 Å². The molecule has 0 unspecified atom stereocenters. The zero-order valence-corrected chi connectivity index (χ0v) is 12.4. The summed E-state index contributed by atoms with van der Waals surface area (Å²) in [4.78, 5) is 16.0. The van der Waals surface area contributed by atoms with E-state index in [0.717, 1.165) is 11.3 Å².